The molecule has 0 saturated heterocycles. The number of nitrogens with two attached hydrogens (primary N) is 3. The fraction of sp³-hybridized carbons (Fsp3) is 1.00. The van der Waals surface area contributed by atoms with E-state index in [9.17, 15) is 0 Å². The van der Waals surface area contributed by atoms with Crippen molar-refractivity contribution < 1.29 is 0 Å². The lowest BCUT2D eigenvalue weighted by Gasteiger charge is -2.40. The van der Waals surface area contributed by atoms with Crippen LogP contribution in [-0.4, -0.2) is 19.6 Å². The summed E-state index contributed by atoms with van der Waals surface area (Å²) >= 11 is 0. The van der Waals surface area contributed by atoms with Gasteiger partial charge >= 0.3 is 0 Å². The first kappa shape index (κ1) is 13.9. The summed E-state index contributed by atoms with van der Waals surface area (Å²) in [5, 5.41) is 0. The molecule has 0 aliphatic heterocycles. The number of hydrogen-bond acceptors (Lipinski definition) is 3. The van der Waals surface area contributed by atoms with E-state index in [1.165, 1.54) is 38.5 Å². The molecule has 96 valence electrons. The fourth-order valence-corrected chi connectivity index (χ4v) is 3.10. The van der Waals surface area contributed by atoms with Crippen molar-refractivity contribution in [1.29, 1.82) is 0 Å². The van der Waals surface area contributed by atoms with Crippen LogP contribution in [-0.2, 0) is 0 Å². The highest BCUT2D eigenvalue weighted by molar-refractivity contribution is 4.86. The van der Waals surface area contributed by atoms with Gasteiger partial charge in [0.1, 0.15) is 0 Å². The highest BCUT2D eigenvalue weighted by atomic mass is 14.6. The zero-order valence-corrected chi connectivity index (χ0v) is 10.6. The van der Waals surface area contributed by atoms with E-state index in [1.54, 1.807) is 0 Å². The molecule has 0 heterocycles. The van der Waals surface area contributed by atoms with Gasteiger partial charge in [0.2, 0.25) is 0 Å². The highest BCUT2D eigenvalue weighted by Crippen LogP contribution is 2.45. The third-order valence-electron chi connectivity index (χ3n) is 4.32. The van der Waals surface area contributed by atoms with Crippen molar-refractivity contribution in [3.05, 3.63) is 0 Å². The molecule has 0 atom stereocenters. The third kappa shape index (κ3) is 4.04. The van der Waals surface area contributed by atoms with Crippen LogP contribution >= 0.6 is 0 Å². The molecule has 0 amide bonds. The normalized spacial score (nSPS) is 21.2. The topological polar surface area (TPSA) is 78.1 Å². The zero-order chi connectivity index (χ0) is 11.9. The van der Waals surface area contributed by atoms with Crippen LogP contribution in [0.3, 0.4) is 0 Å². The zero-order valence-electron chi connectivity index (χ0n) is 10.6. The van der Waals surface area contributed by atoms with Crippen molar-refractivity contribution in [2.45, 2.75) is 51.4 Å². The van der Waals surface area contributed by atoms with Crippen molar-refractivity contribution in [2.75, 3.05) is 19.6 Å². The molecule has 1 fully saturated rings. The van der Waals surface area contributed by atoms with Gasteiger partial charge in [0.15, 0.2) is 0 Å². The summed E-state index contributed by atoms with van der Waals surface area (Å²) in [7, 11) is 0. The van der Waals surface area contributed by atoms with E-state index in [2.05, 4.69) is 0 Å². The number of hydrogen-bond donors (Lipinski definition) is 3. The SMILES string of the molecule is NCCCC1(CCCN)CCC(CN)CC1. The summed E-state index contributed by atoms with van der Waals surface area (Å²) in [6.45, 7) is 2.51. The molecule has 6 N–H and O–H groups in total. The predicted molar refractivity (Wildman–Crippen MR) is 70.0 cm³/mol. The van der Waals surface area contributed by atoms with Gasteiger partial charge in [-0.3, -0.25) is 0 Å². The van der Waals surface area contributed by atoms with Gasteiger partial charge in [0.25, 0.3) is 0 Å². The van der Waals surface area contributed by atoms with Crippen molar-refractivity contribution in [3.8, 4) is 0 Å². The summed E-state index contributed by atoms with van der Waals surface area (Å²) in [6, 6.07) is 0. The Morgan fingerprint density at radius 2 is 1.38 bits per heavy atom. The Balaban J connectivity index is 2.44. The maximum atomic E-state index is 5.75. The quantitative estimate of drug-likeness (QED) is 0.618. The molecule has 3 nitrogen and oxygen atoms in total. The Labute approximate surface area is 100 Å². The van der Waals surface area contributed by atoms with Crippen LogP contribution in [0.1, 0.15) is 51.4 Å². The van der Waals surface area contributed by atoms with Gasteiger partial charge < -0.3 is 17.2 Å². The Kier molecular flexibility index (Phi) is 6.32. The van der Waals surface area contributed by atoms with Gasteiger partial charge in [-0.2, -0.15) is 0 Å². The molecule has 0 spiro atoms. The van der Waals surface area contributed by atoms with E-state index < -0.39 is 0 Å². The molecule has 0 aromatic rings. The standard InChI is InChI=1S/C13H29N3/c14-9-1-5-13(6-2-10-15)7-3-12(11-16)4-8-13/h12H,1-11,14-16H2. The average Bonchev–Trinajstić information content (AvgIpc) is 2.35. The van der Waals surface area contributed by atoms with Crippen LogP contribution in [0.15, 0.2) is 0 Å². The maximum Gasteiger partial charge on any atom is -0.00489 e. The Morgan fingerprint density at radius 1 is 0.875 bits per heavy atom. The lowest BCUT2D eigenvalue weighted by Crippen LogP contribution is -2.31. The van der Waals surface area contributed by atoms with Crippen LogP contribution in [0.25, 0.3) is 0 Å². The second-order valence-electron chi connectivity index (χ2n) is 5.46. The van der Waals surface area contributed by atoms with E-state index in [0.29, 0.717) is 5.41 Å². The maximum absolute atomic E-state index is 5.75. The fourth-order valence-electron chi connectivity index (χ4n) is 3.10. The van der Waals surface area contributed by atoms with Gasteiger partial charge in [0.05, 0.1) is 0 Å². The van der Waals surface area contributed by atoms with Crippen LogP contribution in [0.4, 0.5) is 0 Å². The molecule has 0 unspecified atom stereocenters. The van der Waals surface area contributed by atoms with Gasteiger partial charge in [-0.1, -0.05) is 0 Å². The molecule has 0 bridgehead atoms. The van der Waals surface area contributed by atoms with Gasteiger partial charge in [0, 0.05) is 0 Å². The van der Waals surface area contributed by atoms with Crippen LogP contribution in [0.5, 0.6) is 0 Å². The monoisotopic (exact) mass is 227 g/mol. The summed E-state index contributed by atoms with van der Waals surface area (Å²) in [6.07, 6.45) is 10.2. The third-order valence-corrected chi connectivity index (χ3v) is 4.32. The predicted octanol–water partition coefficient (Wildman–Crippen LogP) is 1.60. The molecule has 0 aromatic carbocycles. The van der Waals surface area contributed by atoms with E-state index in [-0.39, 0.29) is 0 Å². The number of rotatable bonds is 7. The first-order valence-corrected chi connectivity index (χ1v) is 6.86. The van der Waals surface area contributed by atoms with E-state index in [4.69, 9.17) is 17.2 Å². The molecular weight excluding hydrogens is 198 g/mol. The lowest BCUT2D eigenvalue weighted by molar-refractivity contribution is 0.122. The molecule has 0 aromatic heterocycles. The molecular formula is C13H29N3. The van der Waals surface area contributed by atoms with Crippen molar-refractivity contribution in [3.63, 3.8) is 0 Å². The molecule has 1 saturated carbocycles. The Morgan fingerprint density at radius 3 is 1.75 bits per heavy atom. The van der Waals surface area contributed by atoms with Gasteiger partial charge in [-0.15, -0.1) is 0 Å². The van der Waals surface area contributed by atoms with E-state index in [1.807, 2.05) is 0 Å². The summed E-state index contributed by atoms with van der Waals surface area (Å²) < 4.78 is 0. The van der Waals surface area contributed by atoms with Crippen molar-refractivity contribution in [1.82, 2.24) is 0 Å². The van der Waals surface area contributed by atoms with Crippen LogP contribution in [0.2, 0.25) is 0 Å². The molecule has 3 heteroatoms. The van der Waals surface area contributed by atoms with E-state index in [0.717, 1.165) is 38.4 Å². The first-order valence-electron chi connectivity index (χ1n) is 6.86. The van der Waals surface area contributed by atoms with Gasteiger partial charge in [-0.05, 0) is 82.3 Å². The second kappa shape index (κ2) is 7.25. The highest BCUT2D eigenvalue weighted by Gasteiger charge is 2.33. The molecule has 1 aliphatic carbocycles. The van der Waals surface area contributed by atoms with Crippen molar-refractivity contribution in [2.24, 2.45) is 28.5 Å². The smallest absolute Gasteiger partial charge is 0.00489 e. The lowest BCUT2D eigenvalue weighted by atomic mass is 9.66. The largest absolute Gasteiger partial charge is 0.330 e. The summed E-state index contributed by atoms with van der Waals surface area (Å²) in [5.74, 6) is 0.767. The van der Waals surface area contributed by atoms with Crippen molar-refractivity contribution >= 4 is 0 Å². The first-order chi connectivity index (χ1) is 7.76. The molecule has 16 heavy (non-hydrogen) atoms. The molecule has 0 radical (unpaired) electrons. The summed E-state index contributed by atoms with van der Waals surface area (Å²) in [4.78, 5) is 0. The second-order valence-corrected chi connectivity index (χ2v) is 5.46. The summed E-state index contributed by atoms with van der Waals surface area (Å²) in [5.41, 5.74) is 17.6. The minimum absolute atomic E-state index is 0.546. The minimum Gasteiger partial charge on any atom is -0.330 e. The average molecular weight is 227 g/mol. The van der Waals surface area contributed by atoms with Gasteiger partial charge in [-0.25, -0.2) is 0 Å². The Bertz CT molecular complexity index is 164. The molecule has 1 rings (SSSR count). The van der Waals surface area contributed by atoms with Crippen LogP contribution < -0.4 is 17.2 Å². The minimum atomic E-state index is 0.546. The van der Waals surface area contributed by atoms with Crippen LogP contribution in [0, 0.1) is 11.3 Å². The molecule has 1 aliphatic rings. The van der Waals surface area contributed by atoms with E-state index >= 15 is 0 Å². The Hall–Kier alpha value is -0.120.